The lowest BCUT2D eigenvalue weighted by molar-refractivity contribution is 0.106. The summed E-state index contributed by atoms with van der Waals surface area (Å²) in [6.07, 6.45) is 8.17. The van der Waals surface area contributed by atoms with Gasteiger partial charge in [-0.1, -0.05) is 19.8 Å². The molecule has 1 saturated carbocycles. The normalized spacial score (nSPS) is 29.7. The number of rotatable bonds is 3. The molecule has 3 rings (SSSR count). The van der Waals surface area contributed by atoms with Crippen LogP contribution in [0.1, 0.15) is 45.4 Å². The minimum absolute atomic E-state index is 0.387. The van der Waals surface area contributed by atoms with Crippen molar-refractivity contribution < 1.29 is 0 Å². The van der Waals surface area contributed by atoms with E-state index in [-0.39, 0.29) is 0 Å². The summed E-state index contributed by atoms with van der Waals surface area (Å²) in [6.45, 7) is 8.31. The summed E-state index contributed by atoms with van der Waals surface area (Å²) in [7, 11) is 1.94. The maximum Gasteiger partial charge on any atom is 0.193 e. The molecule has 3 aliphatic rings. The Morgan fingerprint density at radius 3 is 2.57 bits per heavy atom. The fourth-order valence-corrected chi connectivity index (χ4v) is 5.54. The van der Waals surface area contributed by atoms with Gasteiger partial charge in [0.1, 0.15) is 0 Å². The van der Waals surface area contributed by atoms with Crippen LogP contribution in [0, 0.1) is 5.92 Å². The van der Waals surface area contributed by atoms with E-state index in [9.17, 15) is 0 Å². The molecule has 23 heavy (non-hydrogen) atoms. The van der Waals surface area contributed by atoms with Crippen molar-refractivity contribution in [1.29, 1.82) is 0 Å². The Morgan fingerprint density at radius 2 is 1.91 bits per heavy atom. The number of piperidine rings is 1. The number of nitrogens with zero attached hydrogens (tertiary/aromatic N) is 3. The lowest BCUT2D eigenvalue weighted by Gasteiger charge is -2.44. The van der Waals surface area contributed by atoms with Crippen LogP contribution in [0.5, 0.6) is 0 Å². The molecule has 2 saturated heterocycles. The third kappa shape index (κ3) is 4.16. The van der Waals surface area contributed by atoms with Crippen molar-refractivity contribution >= 4 is 17.7 Å². The molecule has 1 atom stereocenters. The predicted molar refractivity (Wildman–Crippen MR) is 101 cm³/mol. The highest BCUT2D eigenvalue weighted by Crippen LogP contribution is 2.36. The number of aliphatic imine (C=N–C) groups is 1. The van der Waals surface area contributed by atoms with Crippen molar-refractivity contribution in [1.82, 2.24) is 15.1 Å². The standard InChI is InChI=1S/C18H34N4S/c1-16-6-5-9-21(14-16)17(19-2)20-15-18(7-3-4-8-18)22-10-12-23-13-11-22/h16H,3-15H2,1-2H3,(H,19,20). The van der Waals surface area contributed by atoms with E-state index < -0.39 is 0 Å². The number of nitrogens with one attached hydrogen (secondary N) is 1. The molecule has 5 heteroatoms. The Morgan fingerprint density at radius 1 is 1.17 bits per heavy atom. The van der Waals surface area contributed by atoms with Gasteiger partial charge in [-0.05, 0) is 31.6 Å². The second-order valence-corrected chi connectivity index (χ2v) is 8.85. The first-order valence-corrected chi connectivity index (χ1v) is 10.7. The molecule has 3 fully saturated rings. The highest BCUT2D eigenvalue weighted by Gasteiger charge is 2.40. The summed E-state index contributed by atoms with van der Waals surface area (Å²) in [5.41, 5.74) is 0.387. The van der Waals surface area contributed by atoms with Crippen molar-refractivity contribution in [3.05, 3.63) is 0 Å². The van der Waals surface area contributed by atoms with Crippen molar-refractivity contribution in [3.8, 4) is 0 Å². The molecule has 0 amide bonds. The maximum atomic E-state index is 4.59. The van der Waals surface area contributed by atoms with E-state index in [1.165, 1.54) is 63.1 Å². The van der Waals surface area contributed by atoms with E-state index in [4.69, 9.17) is 0 Å². The molecule has 2 aliphatic heterocycles. The lowest BCUT2D eigenvalue weighted by atomic mass is 9.94. The first-order valence-electron chi connectivity index (χ1n) is 9.52. The molecule has 0 aromatic carbocycles. The van der Waals surface area contributed by atoms with Gasteiger partial charge in [0.25, 0.3) is 0 Å². The van der Waals surface area contributed by atoms with Gasteiger partial charge in [0, 0.05) is 56.8 Å². The zero-order chi connectivity index (χ0) is 16.1. The smallest absolute Gasteiger partial charge is 0.193 e. The van der Waals surface area contributed by atoms with Crippen LogP contribution in [0.4, 0.5) is 0 Å². The largest absolute Gasteiger partial charge is 0.354 e. The van der Waals surface area contributed by atoms with Gasteiger partial charge >= 0.3 is 0 Å². The molecule has 0 spiro atoms. The van der Waals surface area contributed by atoms with Gasteiger partial charge < -0.3 is 10.2 Å². The molecule has 0 radical (unpaired) electrons. The Hall–Kier alpha value is -0.420. The molecular formula is C18H34N4S. The second-order valence-electron chi connectivity index (χ2n) is 7.63. The van der Waals surface area contributed by atoms with Crippen molar-refractivity contribution in [2.45, 2.75) is 51.0 Å². The molecule has 0 bridgehead atoms. The number of guanidine groups is 1. The fourth-order valence-electron chi connectivity index (χ4n) is 4.63. The summed E-state index contributed by atoms with van der Waals surface area (Å²) in [5, 5.41) is 3.77. The van der Waals surface area contributed by atoms with Crippen LogP contribution in [-0.2, 0) is 0 Å². The predicted octanol–water partition coefficient (Wildman–Crippen LogP) is 2.66. The van der Waals surface area contributed by atoms with Crippen LogP contribution in [0.15, 0.2) is 4.99 Å². The lowest BCUT2D eigenvalue weighted by Crippen LogP contribution is -2.58. The Bertz CT molecular complexity index is 400. The molecule has 4 nitrogen and oxygen atoms in total. The van der Waals surface area contributed by atoms with Crippen LogP contribution in [-0.4, -0.2) is 72.6 Å². The second kappa shape index (κ2) is 8.11. The van der Waals surface area contributed by atoms with Crippen LogP contribution >= 0.6 is 11.8 Å². The monoisotopic (exact) mass is 338 g/mol. The number of likely N-dealkylation sites (tertiary alicyclic amines) is 1. The highest BCUT2D eigenvalue weighted by molar-refractivity contribution is 7.99. The summed E-state index contributed by atoms with van der Waals surface area (Å²) in [5.74, 6) is 4.54. The molecule has 0 aromatic rings. The average Bonchev–Trinajstić information content (AvgIpc) is 3.06. The van der Waals surface area contributed by atoms with Crippen LogP contribution in [0.2, 0.25) is 0 Å². The Labute approximate surface area is 146 Å². The van der Waals surface area contributed by atoms with E-state index in [1.807, 2.05) is 7.05 Å². The summed E-state index contributed by atoms with van der Waals surface area (Å²) >= 11 is 2.11. The molecule has 2 heterocycles. The van der Waals surface area contributed by atoms with Crippen LogP contribution in [0.3, 0.4) is 0 Å². The Kier molecular flexibility index (Phi) is 6.13. The molecule has 132 valence electrons. The molecule has 1 unspecified atom stereocenters. The zero-order valence-electron chi connectivity index (χ0n) is 15.0. The number of thioether (sulfide) groups is 1. The van der Waals surface area contributed by atoms with Gasteiger partial charge in [0.05, 0.1) is 0 Å². The molecule has 0 aromatic heterocycles. The van der Waals surface area contributed by atoms with Gasteiger partial charge in [0.2, 0.25) is 0 Å². The van der Waals surface area contributed by atoms with Crippen LogP contribution in [0.25, 0.3) is 0 Å². The van der Waals surface area contributed by atoms with Gasteiger partial charge in [0.15, 0.2) is 5.96 Å². The Balaban J connectivity index is 1.61. The van der Waals surface area contributed by atoms with Crippen LogP contribution < -0.4 is 5.32 Å². The van der Waals surface area contributed by atoms with Crippen molar-refractivity contribution in [2.75, 3.05) is 51.3 Å². The van der Waals surface area contributed by atoms with Crippen molar-refractivity contribution in [3.63, 3.8) is 0 Å². The molecule has 1 N–H and O–H groups in total. The molecule has 1 aliphatic carbocycles. The first kappa shape index (κ1) is 17.4. The van der Waals surface area contributed by atoms with Gasteiger partial charge in [-0.3, -0.25) is 9.89 Å². The number of hydrogen-bond donors (Lipinski definition) is 1. The third-order valence-corrected chi connectivity index (χ3v) is 6.90. The topological polar surface area (TPSA) is 30.9 Å². The molecular weight excluding hydrogens is 304 g/mol. The van der Waals surface area contributed by atoms with E-state index in [2.05, 4.69) is 38.8 Å². The highest BCUT2D eigenvalue weighted by atomic mass is 32.2. The van der Waals surface area contributed by atoms with Gasteiger partial charge in [-0.25, -0.2) is 0 Å². The van der Waals surface area contributed by atoms with E-state index in [1.54, 1.807) is 0 Å². The summed E-state index contributed by atoms with van der Waals surface area (Å²) in [6, 6.07) is 0. The van der Waals surface area contributed by atoms with E-state index in [0.29, 0.717) is 5.54 Å². The van der Waals surface area contributed by atoms with Gasteiger partial charge in [-0.2, -0.15) is 11.8 Å². The third-order valence-electron chi connectivity index (χ3n) is 5.96. The first-order chi connectivity index (χ1) is 11.2. The average molecular weight is 339 g/mol. The maximum absolute atomic E-state index is 4.59. The minimum Gasteiger partial charge on any atom is -0.354 e. The van der Waals surface area contributed by atoms with E-state index >= 15 is 0 Å². The quantitative estimate of drug-likeness (QED) is 0.633. The SMILES string of the molecule is CN=C(NCC1(N2CCSCC2)CCCC1)N1CCCC(C)C1. The zero-order valence-corrected chi connectivity index (χ0v) is 15.8. The minimum atomic E-state index is 0.387. The van der Waals surface area contributed by atoms with Crippen molar-refractivity contribution in [2.24, 2.45) is 10.9 Å². The van der Waals surface area contributed by atoms with Gasteiger partial charge in [-0.15, -0.1) is 0 Å². The summed E-state index contributed by atoms with van der Waals surface area (Å²) < 4.78 is 0. The van der Waals surface area contributed by atoms with E-state index in [0.717, 1.165) is 31.5 Å². The fraction of sp³-hybridized carbons (Fsp3) is 0.944. The summed E-state index contributed by atoms with van der Waals surface area (Å²) in [4.78, 5) is 9.85. The number of hydrogen-bond acceptors (Lipinski definition) is 3.